The van der Waals surface area contributed by atoms with Gasteiger partial charge >= 0.3 is 5.97 Å². The zero-order valence-corrected chi connectivity index (χ0v) is 13.1. The van der Waals surface area contributed by atoms with Gasteiger partial charge < -0.3 is 9.57 Å². The number of nitrogens with zero attached hydrogens (tertiary/aromatic N) is 2. The number of aromatic nitrogens is 1. The van der Waals surface area contributed by atoms with Gasteiger partial charge in [-0.1, -0.05) is 17.2 Å². The number of carbonyl (C=O) groups is 3. The number of benzene rings is 1. The van der Waals surface area contributed by atoms with Crippen molar-refractivity contribution in [2.24, 2.45) is 0 Å². The summed E-state index contributed by atoms with van der Waals surface area (Å²) < 4.78 is 5.45. The van der Waals surface area contributed by atoms with Crippen LogP contribution in [0, 0.1) is 0 Å². The summed E-state index contributed by atoms with van der Waals surface area (Å²) in [6, 6.07) is 9.25. The Hall–Kier alpha value is -3.22. The average Bonchev–Trinajstić information content (AvgIpc) is 2.80. The van der Waals surface area contributed by atoms with E-state index >= 15 is 0 Å². The lowest BCUT2D eigenvalue weighted by atomic mass is 10.1. The standard InChI is InChI=1S/C17H14N2O5/c1-10(2)23-14-13(8-5-9-18-14)17(22)24-19-15(20)11-6-3-4-7-12(11)16(19)21/h3-10H,1-2H3. The van der Waals surface area contributed by atoms with Crippen molar-refractivity contribution in [3.63, 3.8) is 0 Å². The molecule has 0 fully saturated rings. The van der Waals surface area contributed by atoms with Crippen molar-refractivity contribution in [2.75, 3.05) is 0 Å². The lowest BCUT2D eigenvalue weighted by Crippen LogP contribution is -2.33. The molecule has 2 amide bonds. The molecule has 1 aliphatic rings. The summed E-state index contributed by atoms with van der Waals surface area (Å²) in [5, 5.41) is 0.457. The maximum Gasteiger partial charge on any atom is 0.369 e. The van der Waals surface area contributed by atoms with Crippen LogP contribution < -0.4 is 4.74 Å². The Morgan fingerprint density at radius 2 is 1.67 bits per heavy atom. The topological polar surface area (TPSA) is 85.8 Å². The highest BCUT2D eigenvalue weighted by Crippen LogP contribution is 2.24. The number of fused-ring (bicyclic) bond motifs is 1. The zero-order valence-electron chi connectivity index (χ0n) is 13.1. The van der Waals surface area contributed by atoms with Gasteiger partial charge in [-0.05, 0) is 38.1 Å². The number of rotatable bonds is 4. The van der Waals surface area contributed by atoms with E-state index in [1.807, 2.05) is 0 Å². The van der Waals surface area contributed by atoms with E-state index in [0.29, 0.717) is 5.06 Å². The van der Waals surface area contributed by atoms with Crippen LogP contribution in [0.4, 0.5) is 0 Å². The molecule has 2 heterocycles. The quantitative estimate of drug-likeness (QED) is 0.801. The third kappa shape index (κ3) is 2.71. The molecule has 1 aromatic carbocycles. The molecule has 0 aliphatic carbocycles. The predicted octanol–water partition coefficient (Wildman–Crippen LogP) is 2.24. The van der Waals surface area contributed by atoms with Crippen molar-refractivity contribution in [3.8, 4) is 5.88 Å². The lowest BCUT2D eigenvalue weighted by Gasteiger charge is -2.15. The van der Waals surface area contributed by atoms with Gasteiger partial charge in [0.25, 0.3) is 11.8 Å². The lowest BCUT2D eigenvalue weighted by molar-refractivity contribution is -0.0587. The van der Waals surface area contributed by atoms with Crippen LogP contribution in [0.1, 0.15) is 44.9 Å². The molecule has 3 rings (SSSR count). The van der Waals surface area contributed by atoms with Crippen molar-refractivity contribution in [1.82, 2.24) is 10.0 Å². The first-order valence-corrected chi connectivity index (χ1v) is 7.31. The normalized spacial score (nSPS) is 13.2. The van der Waals surface area contributed by atoms with Crippen LogP contribution in [0.2, 0.25) is 0 Å². The van der Waals surface area contributed by atoms with Gasteiger partial charge in [-0.25, -0.2) is 9.78 Å². The fourth-order valence-corrected chi connectivity index (χ4v) is 2.25. The number of hydrogen-bond acceptors (Lipinski definition) is 6. The van der Waals surface area contributed by atoms with Crippen molar-refractivity contribution < 1.29 is 24.0 Å². The summed E-state index contributed by atoms with van der Waals surface area (Å²) in [5.74, 6) is -2.18. The molecule has 1 aliphatic heterocycles. The second kappa shape index (κ2) is 6.11. The summed E-state index contributed by atoms with van der Waals surface area (Å²) in [4.78, 5) is 45.8. The molecule has 0 radical (unpaired) electrons. The van der Waals surface area contributed by atoms with E-state index in [1.165, 1.54) is 30.5 Å². The van der Waals surface area contributed by atoms with Gasteiger partial charge in [0.2, 0.25) is 5.88 Å². The van der Waals surface area contributed by atoms with Gasteiger partial charge in [-0.3, -0.25) is 9.59 Å². The van der Waals surface area contributed by atoms with Crippen LogP contribution >= 0.6 is 0 Å². The van der Waals surface area contributed by atoms with Crippen LogP contribution in [0.5, 0.6) is 5.88 Å². The highest BCUT2D eigenvalue weighted by Gasteiger charge is 2.39. The van der Waals surface area contributed by atoms with Gasteiger partial charge in [0.1, 0.15) is 5.56 Å². The van der Waals surface area contributed by atoms with E-state index in [9.17, 15) is 14.4 Å². The monoisotopic (exact) mass is 326 g/mol. The summed E-state index contributed by atoms with van der Waals surface area (Å²) in [5.41, 5.74) is 0.419. The number of carbonyl (C=O) groups excluding carboxylic acids is 3. The molecule has 122 valence electrons. The third-order valence-electron chi connectivity index (χ3n) is 3.27. The highest BCUT2D eigenvalue weighted by molar-refractivity contribution is 6.21. The van der Waals surface area contributed by atoms with Crippen molar-refractivity contribution in [1.29, 1.82) is 0 Å². The molecule has 0 bridgehead atoms. The Labute approximate surface area is 137 Å². The Bertz CT molecular complexity index is 796. The van der Waals surface area contributed by atoms with Gasteiger partial charge in [-0.15, -0.1) is 0 Å². The molecule has 0 saturated heterocycles. The Morgan fingerprint density at radius 1 is 1.04 bits per heavy atom. The maximum atomic E-state index is 12.4. The van der Waals surface area contributed by atoms with E-state index < -0.39 is 17.8 Å². The largest absolute Gasteiger partial charge is 0.474 e. The highest BCUT2D eigenvalue weighted by atomic mass is 16.7. The summed E-state index contributed by atoms with van der Waals surface area (Å²) in [6.07, 6.45) is 1.27. The van der Waals surface area contributed by atoms with Crippen LogP contribution in [0.25, 0.3) is 0 Å². The van der Waals surface area contributed by atoms with Crippen LogP contribution in [0.15, 0.2) is 42.6 Å². The molecular formula is C17H14N2O5. The fraction of sp³-hybridized carbons (Fsp3) is 0.176. The minimum Gasteiger partial charge on any atom is -0.474 e. The molecule has 7 nitrogen and oxygen atoms in total. The fourth-order valence-electron chi connectivity index (χ4n) is 2.25. The Kier molecular flexibility index (Phi) is 3.99. The first kappa shape index (κ1) is 15.7. The molecular weight excluding hydrogens is 312 g/mol. The van der Waals surface area contributed by atoms with Crippen LogP contribution in [0.3, 0.4) is 0 Å². The minimum absolute atomic E-state index is 0.0303. The van der Waals surface area contributed by atoms with Crippen molar-refractivity contribution in [3.05, 3.63) is 59.3 Å². The van der Waals surface area contributed by atoms with E-state index in [1.54, 1.807) is 26.0 Å². The predicted molar refractivity (Wildman–Crippen MR) is 82.4 cm³/mol. The van der Waals surface area contributed by atoms with Gasteiger partial charge in [0.15, 0.2) is 0 Å². The number of ether oxygens (including phenoxy) is 1. The van der Waals surface area contributed by atoms with Crippen molar-refractivity contribution >= 4 is 17.8 Å². The summed E-state index contributed by atoms with van der Waals surface area (Å²) >= 11 is 0. The number of hydrogen-bond donors (Lipinski definition) is 0. The molecule has 0 N–H and O–H groups in total. The van der Waals surface area contributed by atoms with Crippen molar-refractivity contribution in [2.45, 2.75) is 20.0 Å². The average molecular weight is 326 g/mol. The number of hydroxylamine groups is 2. The molecule has 0 atom stereocenters. The number of amides is 2. The molecule has 0 unspecified atom stereocenters. The minimum atomic E-state index is -0.895. The second-order valence-electron chi connectivity index (χ2n) is 5.35. The molecule has 2 aromatic rings. The molecule has 0 saturated carbocycles. The Balaban J connectivity index is 1.84. The third-order valence-corrected chi connectivity index (χ3v) is 3.27. The number of imide groups is 1. The van der Waals surface area contributed by atoms with E-state index in [0.717, 1.165) is 0 Å². The van der Waals surface area contributed by atoms with E-state index in [4.69, 9.17) is 9.57 Å². The molecule has 24 heavy (non-hydrogen) atoms. The maximum absolute atomic E-state index is 12.4. The second-order valence-corrected chi connectivity index (χ2v) is 5.35. The summed E-state index contributed by atoms with van der Waals surface area (Å²) in [6.45, 7) is 3.57. The van der Waals surface area contributed by atoms with E-state index in [-0.39, 0.29) is 28.7 Å². The van der Waals surface area contributed by atoms with Gasteiger partial charge in [0, 0.05) is 6.20 Å². The SMILES string of the molecule is CC(C)Oc1ncccc1C(=O)ON1C(=O)c2ccccc2C1=O. The summed E-state index contributed by atoms with van der Waals surface area (Å²) in [7, 11) is 0. The molecule has 0 spiro atoms. The smallest absolute Gasteiger partial charge is 0.369 e. The van der Waals surface area contributed by atoms with Crippen LogP contribution in [-0.2, 0) is 4.84 Å². The first-order valence-electron chi connectivity index (χ1n) is 7.31. The zero-order chi connectivity index (χ0) is 17.3. The van der Waals surface area contributed by atoms with Gasteiger partial charge in [0.05, 0.1) is 17.2 Å². The van der Waals surface area contributed by atoms with Crippen LogP contribution in [-0.4, -0.2) is 33.9 Å². The first-order chi connectivity index (χ1) is 11.5. The number of pyridine rings is 1. The van der Waals surface area contributed by atoms with E-state index in [2.05, 4.69) is 4.98 Å². The molecule has 1 aromatic heterocycles. The van der Waals surface area contributed by atoms with Gasteiger partial charge in [-0.2, -0.15) is 0 Å². The molecule has 7 heteroatoms. The Morgan fingerprint density at radius 3 is 2.25 bits per heavy atom.